The van der Waals surface area contributed by atoms with Gasteiger partial charge in [-0.05, 0) is 141 Å². The van der Waals surface area contributed by atoms with E-state index in [9.17, 15) is 0 Å². The average Bonchev–Trinajstić information content (AvgIpc) is 3.02. The van der Waals surface area contributed by atoms with Crippen LogP contribution in [0.15, 0.2) is 72.8 Å². The molecular formula is C48H46. The lowest BCUT2D eigenvalue weighted by atomic mass is 9.80. The maximum Gasteiger partial charge on any atom is 0.0339 e. The number of rotatable bonds is 4. The van der Waals surface area contributed by atoms with Crippen molar-refractivity contribution in [2.24, 2.45) is 0 Å². The Morgan fingerprint density at radius 1 is 0.479 bits per heavy atom. The largest absolute Gasteiger partial charge is 0.101 e. The minimum atomic E-state index is -0.00499. The number of benzene rings is 6. The minimum Gasteiger partial charge on any atom is -0.101 e. The van der Waals surface area contributed by atoms with Gasteiger partial charge in [0.1, 0.15) is 0 Å². The van der Waals surface area contributed by atoms with Crippen LogP contribution in [0.1, 0.15) is 109 Å². The molecule has 0 fully saturated rings. The van der Waals surface area contributed by atoms with Gasteiger partial charge in [0.15, 0.2) is 0 Å². The van der Waals surface area contributed by atoms with E-state index >= 15 is 0 Å². The zero-order valence-electron chi connectivity index (χ0n) is 30.3. The van der Waals surface area contributed by atoms with E-state index in [4.69, 9.17) is 0 Å². The van der Waals surface area contributed by atoms with Crippen LogP contribution in [0, 0.1) is 35.5 Å². The molecule has 0 aliphatic carbocycles. The topological polar surface area (TPSA) is 0 Å². The summed E-state index contributed by atoms with van der Waals surface area (Å²) in [6.45, 7) is 21.6. The zero-order chi connectivity index (χ0) is 34.4. The predicted octanol–water partition coefficient (Wildman–Crippen LogP) is 12.6. The molecule has 6 aromatic carbocycles. The Balaban J connectivity index is 1.60. The number of hydrogen-bond acceptors (Lipinski definition) is 0. The molecule has 238 valence electrons. The number of hydrogen-bond donors (Lipinski definition) is 0. The molecule has 0 spiro atoms. The second-order valence-corrected chi connectivity index (χ2v) is 15.1. The highest BCUT2D eigenvalue weighted by molar-refractivity contribution is 6.24. The second-order valence-electron chi connectivity index (χ2n) is 15.1. The fraction of sp³-hybridized carbons (Fsp3) is 0.292. The molecule has 0 saturated carbocycles. The maximum atomic E-state index is 3.49. The summed E-state index contributed by atoms with van der Waals surface area (Å²) >= 11 is 0. The first-order valence-electron chi connectivity index (χ1n) is 17.3. The Morgan fingerprint density at radius 2 is 0.833 bits per heavy atom. The van der Waals surface area contributed by atoms with Crippen LogP contribution in [0.4, 0.5) is 0 Å². The van der Waals surface area contributed by atoms with Crippen molar-refractivity contribution < 1.29 is 0 Å². The highest BCUT2D eigenvalue weighted by Crippen LogP contribution is 2.43. The summed E-state index contributed by atoms with van der Waals surface area (Å²) in [4.78, 5) is 0. The van der Waals surface area contributed by atoms with Crippen LogP contribution in [0.2, 0.25) is 0 Å². The Morgan fingerprint density at radius 3 is 1.19 bits per heavy atom. The van der Waals surface area contributed by atoms with Gasteiger partial charge in [-0.1, -0.05) is 103 Å². The number of aryl methyl sites for hydroxylation is 1. The van der Waals surface area contributed by atoms with Gasteiger partial charge in [0.25, 0.3) is 0 Å². The lowest BCUT2D eigenvalue weighted by molar-refractivity contribution is 0.589. The van der Waals surface area contributed by atoms with Gasteiger partial charge in [0.05, 0.1) is 0 Å². The average molecular weight is 623 g/mol. The molecule has 6 aromatic rings. The first-order chi connectivity index (χ1) is 22.9. The van der Waals surface area contributed by atoms with Crippen molar-refractivity contribution in [2.45, 2.75) is 92.9 Å². The first-order valence-corrected chi connectivity index (χ1v) is 17.3. The summed E-state index contributed by atoms with van der Waals surface area (Å²) in [7, 11) is 0. The minimum absolute atomic E-state index is 0.00499. The van der Waals surface area contributed by atoms with Gasteiger partial charge in [0.2, 0.25) is 0 Å². The smallest absolute Gasteiger partial charge is 0.0339 e. The van der Waals surface area contributed by atoms with Crippen LogP contribution in [-0.2, 0) is 17.3 Å². The van der Waals surface area contributed by atoms with Crippen molar-refractivity contribution in [3.8, 4) is 57.8 Å². The molecule has 0 nitrogen and oxygen atoms in total. The third-order valence-corrected chi connectivity index (χ3v) is 9.50. The highest BCUT2D eigenvalue weighted by Gasteiger charge is 2.22. The molecule has 0 saturated heterocycles. The quantitative estimate of drug-likeness (QED) is 0.136. The molecule has 0 aliphatic rings. The Hall–Kier alpha value is -4.96. The fourth-order valence-corrected chi connectivity index (χ4v) is 7.15. The van der Waals surface area contributed by atoms with Gasteiger partial charge < -0.3 is 0 Å². The monoisotopic (exact) mass is 622 g/mol. The van der Waals surface area contributed by atoms with Gasteiger partial charge in [-0.25, -0.2) is 0 Å². The van der Waals surface area contributed by atoms with Crippen molar-refractivity contribution in [3.63, 3.8) is 0 Å². The molecule has 0 unspecified atom stereocenters. The van der Waals surface area contributed by atoms with E-state index < -0.39 is 0 Å². The van der Waals surface area contributed by atoms with E-state index in [0.717, 1.165) is 40.7 Å². The van der Waals surface area contributed by atoms with Crippen LogP contribution in [-0.4, -0.2) is 0 Å². The van der Waals surface area contributed by atoms with Crippen molar-refractivity contribution in [3.05, 3.63) is 106 Å². The standard InChI is InChI=1S/C48H46/c1-11-15-31-27-41(47(5,6)7)28-32(16-12-2)43(31)39-23-35-19-21-37-25-40(26-38-22-20-36(24-39)45(35)46(37)38)44-33(17-13-3)29-42(48(8,9)10)30-34(44)18-14-4/h19-30H,11,15H2,1-10H3. The molecule has 0 aromatic heterocycles. The van der Waals surface area contributed by atoms with Crippen LogP contribution in [0.5, 0.6) is 0 Å². The molecule has 48 heavy (non-hydrogen) atoms. The van der Waals surface area contributed by atoms with Crippen LogP contribution in [0.25, 0.3) is 54.6 Å². The van der Waals surface area contributed by atoms with Crippen LogP contribution in [0.3, 0.4) is 0 Å². The van der Waals surface area contributed by atoms with E-state index in [0.29, 0.717) is 0 Å². The third kappa shape index (κ3) is 5.96. The normalized spacial score (nSPS) is 11.6. The lowest BCUT2D eigenvalue weighted by Crippen LogP contribution is -2.13. The van der Waals surface area contributed by atoms with Crippen LogP contribution >= 0.6 is 0 Å². The second kappa shape index (κ2) is 12.6. The molecule has 0 heterocycles. The van der Waals surface area contributed by atoms with Gasteiger partial charge in [0, 0.05) is 27.8 Å². The van der Waals surface area contributed by atoms with E-state index in [1.165, 1.54) is 60.1 Å². The zero-order valence-corrected chi connectivity index (χ0v) is 30.3. The van der Waals surface area contributed by atoms with Gasteiger partial charge >= 0.3 is 0 Å². The summed E-state index contributed by atoms with van der Waals surface area (Å²) in [5, 5.41) is 7.61. The molecule has 0 radical (unpaired) electrons. The molecule has 0 N–H and O–H groups in total. The summed E-state index contributed by atoms with van der Waals surface area (Å²) in [5.74, 6) is 19.9. The van der Waals surface area contributed by atoms with Crippen LogP contribution < -0.4 is 0 Å². The molecular weight excluding hydrogens is 577 g/mol. The molecule has 6 rings (SSSR count). The third-order valence-electron chi connectivity index (χ3n) is 9.50. The van der Waals surface area contributed by atoms with E-state index in [1.807, 2.05) is 20.8 Å². The lowest BCUT2D eigenvalue weighted by Gasteiger charge is -2.24. The van der Waals surface area contributed by atoms with E-state index in [1.54, 1.807) is 0 Å². The predicted molar refractivity (Wildman–Crippen MR) is 210 cm³/mol. The Kier molecular flexibility index (Phi) is 8.63. The molecule has 0 bridgehead atoms. The van der Waals surface area contributed by atoms with Gasteiger partial charge in [-0.2, -0.15) is 0 Å². The summed E-state index contributed by atoms with van der Waals surface area (Å²) < 4.78 is 0. The van der Waals surface area contributed by atoms with Crippen molar-refractivity contribution in [2.75, 3.05) is 0 Å². The van der Waals surface area contributed by atoms with Gasteiger partial charge in [-0.15, -0.1) is 17.8 Å². The van der Waals surface area contributed by atoms with E-state index in [-0.39, 0.29) is 10.8 Å². The molecule has 0 heteroatoms. The maximum absolute atomic E-state index is 3.49. The first kappa shape index (κ1) is 33.0. The summed E-state index contributed by atoms with van der Waals surface area (Å²) in [6, 6.07) is 27.9. The fourth-order valence-electron chi connectivity index (χ4n) is 7.15. The molecule has 0 aliphatic heterocycles. The highest BCUT2D eigenvalue weighted by atomic mass is 14.3. The molecule has 0 atom stereocenters. The van der Waals surface area contributed by atoms with Crippen molar-refractivity contribution >= 4 is 32.3 Å². The van der Waals surface area contributed by atoms with Crippen molar-refractivity contribution in [1.82, 2.24) is 0 Å². The van der Waals surface area contributed by atoms with Crippen molar-refractivity contribution in [1.29, 1.82) is 0 Å². The van der Waals surface area contributed by atoms with Gasteiger partial charge in [-0.3, -0.25) is 0 Å². The Labute approximate surface area is 288 Å². The summed E-state index contributed by atoms with van der Waals surface area (Å²) in [5.41, 5.74) is 12.0. The summed E-state index contributed by atoms with van der Waals surface area (Å²) in [6.07, 6.45) is 2.11. The Bertz CT molecular complexity index is 2290. The van der Waals surface area contributed by atoms with E-state index in [2.05, 4.69) is 157 Å². The SMILES string of the molecule is CC#Cc1cc(C(C)(C)C)cc(C#CC)c1-c1cc2ccc3cc(-c4c(C#CC)cc(C(C)(C)C)cc4CCC)cc4ccc(c1)c2c34. The molecule has 0 amide bonds.